The smallest absolute Gasteiger partial charge is 0 e. The van der Waals surface area contributed by atoms with E-state index in [1.807, 2.05) is 0 Å². The third-order valence-electron chi connectivity index (χ3n) is 0. The zero-order chi connectivity index (χ0) is 2.00. The molecule has 0 aliphatic heterocycles. The van der Waals surface area contributed by atoms with Crippen molar-refractivity contribution >= 4 is 18.9 Å². The molecule has 29 valence electrons. The van der Waals surface area contributed by atoms with Gasteiger partial charge in [-0.2, -0.15) is 0 Å². The Morgan fingerprint density at radius 3 is 1.20 bits per heavy atom. The van der Waals surface area contributed by atoms with Crippen molar-refractivity contribution in [2.75, 3.05) is 0 Å². The molecule has 0 amide bonds. The summed E-state index contributed by atoms with van der Waals surface area (Å²) in [6.07, 6.45) is 0. The van der Waals surface area contributed by atoms with E-state index in [1.54, 1.807) is 15.9 Å². The van der Waals surface area contributed by atoms with Gasteiger partial charge in [0.1, 0.15) is 0 Å². The van der Waals surface area contributed by atoms with Crippen LogP contribution in [0, 0.1) is 0 Å². The summed E-state index contributed by atoms with van der Waals surface area (Å²) in [5.41, 5.74) is 0. The molecule has 0 aromatic heterocycles. The number of hydrogen-bond acceptors (Lipinski definition) is 1. The molecule has 0 saturated heterocycles. The van der Waals surface area contributed by atoms with Crippen molar-refractivity contribution < 1.29 is 58.0 Å². The molecule has 0 unspecified atom stereocenters. The van der Waals surface area contributed by atoms with Crippen molar-refractivity contribution in [2.24, 2.45) is 0 Å². The summed E-state index contributed by atoms with van der Waals surface area (Å²) >= 11 is 1.69. The van der Waals surface area contributed by atoms with E-state index >= 15 is 0 Å². The molecule has 0 heterocycles. The first-order valence-corrected chi connectivity index (χ1v) is 0.636. The van der Waals surface area contributed by atoms with E-state index in [2.05, 4.69) is 0 Å². The minimum absolute atomic E-state index is 0. The first-order chi connectivity index (χ1) is 1.00. The predicted molar refractivity (Wildman–Crippen MR) is 7.84 cm³/mol. The summed E-state index contributed by atoms with van der Waals surface area (Å²) in [7, 11) is 0. The molecular weight excluding hydrogens is 184 g/mol. The number of hydrogen-bond donors (Lipinski definition) is 0. The van der Waals surface area contributed by atoms with Gasteiger partial charge in [0.25, 0.3) is 0 Å². The quantitative estimate of drug-likeness (QED) is 0.453. The molecule has 0 aromatic rings. The van der Waals surface area contributed by atoms with Gasteiger partial charge in [-0.25, -0.2) is 0 Å². The van der Waals surface area contributed by atoms with Gasteiger partial charge in [0.15, 0.2) is 0 Å². The van der Waals surface area contributed by atoms with Crippen molar-refractivity contribution in [3.63, 3.8) is 0 Å². The van der Waals surface area contributed by atoms with Gasteiger partial charge in [-0.15, -0.1) is 0 Å². The fraction of sp³-hybridized carbons (Fsp3) is 0. The van der Waals surface area contributed by atoms with E-state index in [-0.39, 0.29) is 57.1 Å². The molecule has 0 saturated carbocycles. The van der Waals surface area contributed by atoms with Crippen LogP contribution in [0.25, 0.3) is 0 Å². The third-order valence-corrected chi connectivity index (χ3v) is 0. The van der Waals surface area contributed by atoms with Crippen LogP contribution in [0.2, 0.25) is 0 Å². The van der Waals surface area contributed by atoms with Crippen molar-refractivity contribution in [1.29, 1.82) is 0 Å². The molecule has 0 aliphatic carbocycles. The fourth-order valence-electron chi connectivity index (χ4n) is 0. The second kappa shape index (κ2) is 35.6. The summed E-state index contributed by atoms with van der Waals surface area (Å²) in [4.78, 5) is 0. The third kappa shape index (κ3) is 23.1. The first-order valence-electron chi connectivity index (χ1n) is 0.154. The van der Waals surface area contributed by atoms with Gasteiger partial charge in [0, 0.05) is 38.2 Å². The van der Waals surface area contributed by atoms with Gasteiger partial charge in [0.05, 0.1) is 0 Å². The largest absolute Gasteiger partial charge is 0 e. The molecule has 0 aromatic carbocycles. The molecule has 0 N–H and O–H groups in total. The Balaban J connectivity index is -0.00000000167. The number of rotatable bonds is 0. The van der Waals surface area contributed by atoms with Crippen LogP contribution in [0.3, 0.4) is 0 Å². The molecule has 0 atom stereocenters. The standard InChI is InChI=1S/Li.Mn.Ni.O.Ti.H. The normalized spacial score (nSPS) is 0.800. The van der Waals surface area contributed by atoms with Gasteiger partial charge in [-0.1, -0.05) is 0 Å². The van der Waals surface area contributed by atoms with E-state index in [0.29, 0.717) is 0 Å². The van der Waals surface area contributed by atoms with Crippen LogP contribution < -0.4 is 0 Å². The monoisotopic (exact) mass is 185 g/mol. The summed E-state index contributed by atoms with van der Waals surface area (Å²) in [5, 5.41) is 0. The summed E-state index contributed by atoms with van der Waals surface area (Å²) in [5.74, 6) is 0. The molecular formula is HLiMnNiOTi. The predicted octanol–water partition coefficient (Wildman–Crippen LogP) is -0.775. The summed E-state index contributed by atoms with van der Waals surface area (Å²) in [6.45, 7) is 0. The molecule has 0 rings (SSSR count). The fourth-order valence-corrected chi connectivity index (χ4v) is 0. The van der Waals surface area contributed by atoms with E-state index in [0.717, 1.165) is 0 Å². The van der Waals surface area contributed by atoms with Crippen LogP contribution >= 0.6 is 0 Å². The molecule has 0 aliphatic rings. The van der Waals surface area contributed by atoms with Crippen LogP contribution in [0.4, 0.5) is 0 Å². The molecule has 0 spiro atoms. The van der Waals surface area contributed by atoms with Crippen molar-refractivity contribution in [3.05, 3.63) is 0 Å². The Hall–Kier alpha value is 2.12. The second-order valence-corrected chi connectivity index (χ2v) is 0. The maximum atomic E-state index is 8.06. The molecule has 0 radical (unpaired) electrons. The Kier molecular flexibility index (Phi) is 195. The van der Waals surface area contributed by atoms with Crippen LogP contribution in [0.5, 0.6) is 0 Å². The summed E-state index contributed by atoms with van der Waals surface area (Å²) in [6, 6.07) is 0. The molecule has 1 nitrogen and oxygen atoms in total. The zero-order valence-corrected chi connectivity index (χ0v) is 5.33. The maximum Gasteiger partial charge on any atom is 0 e. The Labute approximate surface area is 76.0 Å². The van der Waals surface area contributed by atoms with E-state index < -0.39 is 0 Å². The van der Waals surface area contributed by atoms with E-state index in [9.17, 15) is 0 Å². The molecule has 0 fully saturated rings. The van der Waals surface area contributed by atoms with Gasteiger partial charge in [0.2, 0.25) is 0 Å². The van der Waals surface area contributed by atoms with Crippen LogP contribution in [0.1, 0.15) is 0 Å². The maximum absolute atomic E-state index is 8.06. The molecule has 5 heteroatoms. The Morgan fingerprint density at radius 2 is 1.20 bits per heavy atom. The summed E-state index contributed by atoms with van der Waals surface area (Å²) < 4.78 is 8.06. The second-order valence-electron chi connectivity index (χ2n) is 0. The van der Waals surface area contributed by atoms with Crippen molar-refractivity contribution in [1.82, 2.24) is 0 Å². The molecule has 0 bridgehead atoms. The average Bonchev–Trinajstić information content (AvgIpc) is 1.00. The topological polar surface area (TPSA) is 17.1 Å². The van der Waals surface area contributed by atoms with Crippen LogP contribution in [-0.4, -0.2) is 18.9 Å². The Bertz CT molecular complexity index is 11.6. The van der Waals surface area contributed by atoms with Gasteiger partial charge in [-0.05, 0) is 0 Å². The van der Waals surface area contributed by atoms with Crippen LogP contribution in [0.15, 0.2) is 0 Å². The average molecular weight is 185 g/mol. The van der Waals surface area contributed by atoms with Gasteiger partial charge in [-0.3, -0.25) is 0 Å². The van der Waals surface area contributed by atoms with Crippen molar-refractivity contribution in [3.8, 4) is 0 Å². The van der Waals surface area contributed by atoms with Gasteiger partial charge < -0.3 is 0 Å². The molecule has 5 heavy (non-hydrogen) atoms. The minimum atomic E-state index is 0. The van der Waals surface area contributed by atoms with E-state index in [1.165, 1.54) is 0 Å². The van der Waals surface area contributed by atoms with E-state index in [4.69, 9.17) is 3.83 Å². The Morgan fingerprint density at radius 1 is 1.20 bits per heavy atom. The van der Waals surface area contributed by atoms with Gasteiger partial charge >= 0.3 is 38.6 Å². The van der Waals surface area contributed by atoms with Crippen LogP contribution in [-0.2, 0) is 58.0 Å². The zero-order valence-electron chi connectivity index (χ0n) is 1.60. The van der Waals surface area contributed by atoms with Crippen molar-refractivity contribution in [2.45, 2.75) is 0 Å². The first kappa shape index (κ1) is 27.4. The minimum Gasteiger partial charge on any atom is 0 e. The SMILES string of the molecule is [LiH].[Ni].[O]=[Mn].[Ti].